The second-order valence-corrected chi connectivity index (χ2v) is 5.95. The molecule has 6 nitrogen and oxygen atoms in total. The van der Waals surface area contributed by atoms with E-state index in [2.05, 4.69) is 20.6 Å². The average molecular weight is 373 g/mol. The fourth-order valence-electron chi connectivity index (χ4n) is 2.39. The van der Waals surface area contributed by atoms with Crippen LogP contribution in [-0.4, -0.2) is 57.3 Å². The lowest BCUT2D eigenvalue weighted by atomic mass is 10.2. The highest BCUT2D eigenvalue weighted by molar-refractivity contribution is 7.80. The normalized spacial score (nSPS) is 15.5. The van der Waals surface area contributed by atoms with Gasteiger partial charge in [0.2, 0.25) is 0 Å². The number of nitrogens with zero attached hydrogens (tertiary/aromatic N) is 1. The number of thiocarbonyl (C=S) groups is 1. The van der Waals surface area contributed by atoms with Gasteiger partial charge in [0.25, 0.3) is 0 Å². The van der Waals surface area contributed by atoms with Gasteiger partial charge in [-0.2, -0.15) is 13.9 Å². The van der Waals surface area contributed by atoms with Crippen LogP contribution in [0.2, 0.25) is 0 Å². The third kappa shape index (κ3) is 8.19. The third-order valence-electron chi connectivity index (χ3n) is 3.68. The highest BCUT2D eigenvalue weighted by atomic mass is 32.1. The second-order valence-electron chi connectivity index (χ2n) is 5.54. The lowest BCUT2D eigenvalue weighted by Gasteiger charge is -2.23. The predicted molar refractivity (Wildman–Crippen MR) is 95.4 cm³/mol. The van der Waals surface area contributed by atoms with Crippen LogP contribution < -0.4 is 20.4 Å². The summed E-state index contributed by atoms with van der Waals surface area (Å²) in [4.78, 5) is 1.56. The molecule has 25 heavy (non-hydrogen) atoms. The van der Waals surface area contributed by atoms with E-state index in [1.54, 1.807) is 23.2 Å². The first-order valence-corrected chi connectivity index (χ1v) is 8.57. The van der Waals surface area contributed by atoms with E-state index >= 15 is 0 Å². The molecule has 3 N–H and O–H groups in total. The molecule has 1 fully saturated rings. The van der Waals surface area contributed by atoms with Gasteiger partial charge in [-0.15, -0.1) is 0 Å². The van der Waals surface area contributed by atoms with Crippen molar-refractivity contribution >= 4 is 23.5 Å². The minimum absolute atomic E-state index is 0.111. The van der Waals surface area contributed by atoms with Crippen molar-refractivity contribution in [1.29, 1.82) is 0 Å². The van der Waals surface area contributed by atoms with Crippen molar-refractivity contribution in [2.24, 2.45) is 5.10 Å². The van der Waals surface area contributed by atoms with Crippen LogP contribution in [0.4, 0.5) is 8.78 Å². The molecule has 0 aromatic heterocycles. The monoisotopic (exact) mass is 373 g/mol. The van der Waals surface area contributed by atoms with Crippen LogP contribution in [0, 0.1) is 0 Å². The van der Waals surface area contributed by atoms with Crippen molar-refractivity contribution < 1.29 is 23.2 Å². The number of rotatable bonds is 8. The molecule has 1 aromatic carbocycles. The number of nitrogens with one attached hydrogen (secondary N) is 3. The highest BCUT2D eigenvalue weighted by Gasteiger charge is 2.12. The van der Waals surface area contributed by atoms with Crippen LogP contribution in [-0.2, 0) is 4.74 Å². The SMILES string of the molecule is FC(F)Oc1ccc(/C=N\NC(=S)NCCC[NH+]2CCOCC2)cc1. The minimum atomic E-state index is -2.82. The number of halogens is 2. The van der Waals surface area contributed by atoms with Crippen LogP contribution in [0.15, 0.2) is 29.4 Å². The number of hydrazone groups is 1. The molecule has 1 aliphatic rings. The molecule has 0 amide bonds. The van der Waals surface area contributed by atoms with Crippen LogP contribution >= 0.6 is 12.2 Å². The molecular formula is C16H23F2N4O2S+. The van der Waals surface area contributed by atoms with Gasteiger partial charge in [-0.25, -0.2) is 0 Å². The Morgan fingerprint density at radius 3 is 2.72 bits per heavy atom. The molecule has 0 bridgehead atoms. The smallest absolute Gasteiger partial charge is 0.387 e. The molecule has 138 valence electrons. The molecule has 0 aliphatic carbocycles. The Kier molecular flexibility index (Phi) is 8.50. The first-order chi connectivity index (χ1) is 12.1. The number of ether oxygens (including phenoxy) is 2. The Morgan fingerprint density at radius 1 is 1.32 bits per heavy atom. The zero-order valence-electron chi connectivity index (χ0n) is 13.8. The lowest BCUT2D eigenvalue weighted by molar-refractivity contribution is -0.908. The molecule has 0 unspecified atom stereocenters. The van der Waals surface area contributed by atoms with Gasteiger partial charge in [-0.05, 0) is 42.0 Å². The summed E-state index contributed by atoms with van der Waals surface area (Å²) in [5.74, 6) is 0.111. The van der Waals surface area contributed by atoms with Crippen molar-refractivity contribution in [2.75, 3.05) is 39.4 Å². The number of benzene rings is 1. The van der Waals surface area contributed by atoms with Gasteiger partial charge < -0.3 is 19.7 Å². The molecule has 0 atom stereocenters. The largest absolute Gasteiger partial charge is 0.435 e. The minimum Gasteiger partial charge on any atom is -0.435 e. The number of hydrogen-bond donors (Lipinski definition) is 3. The van der Waals surface area contributed by atoms with E-state index in [-0.39, 0.29) is 5.75 Å². The predicted octanol–water partition coefficient (Wildman–Crippen LogP) is 0.391. The summed E-state index contributed by atoms with van der Waals surface area (Å²) >= 11 is 5.14. The van der Waals surface area contributed by atoms with Crippen molar-refractivity contribution in [3.8, 4) is 5.75 Å². The topological polar surface area (TPSA) is 59.3 Å². The molecule has 2 rings (SSSR count). The number of alkyl halides is 2. The van der Waals surface area contributed by atoms with Crippen molar-refractivity contribution in [2.45, 2.75) is 13.0 Å². The maximum absolute atomic E-state index is 12.1. The standard InChI is InChI=1S/C16H22F2N4O2S/c17-15(18)24-14-4-2-13(3-5-14)12-20-21-16(25)19-6-1-7-22-8-10-23-11-9-22/h2-5,12,15H,1,6-11H2,(H2,19,21,25)/p+1/b20-12-. The molecule has 0 spiro atoms. The molecule has 9 heteroatoms. The van der Waals surface area contributed by atoms with E-state index in [9.17, 15) is 8.78 Å². The zero-order valence-corrected chi connectivity index (χ0v) is 14.7. The van der Waals surface area contributed by atoms with Gasteiger partial charge >= 0.3 is 6.61 Å². The summed E-state index contributed by atoms with van der Waals surface area (Å²) in [6.07, 6.45) is 2.57. The van der Waals surface area contributed by atoms with Crippen molar-refractivity contribution in [3.05, 3.63) is 29.8 Å². The van der Waals surface area contributed by atoms with Gasteiger partial charge in [0.1, 0.15) is 18.8 Å². The fourth-order valence-corrected chi connectivity index (χ4v) is 2.55. The summed E-state index contributed by atoms with van der Waals surface area (Å²) < 4.78 is 33.7. The molecule has 0 saturated carbocycles. The van der Waals surface area contributed by atoms with Crippen molar-refractivity contribution in [3.63, 3.8) is 0 Å². The molecule has 1 aromatic rings. The summed E-state index contributed by atoms with van der Waals surface area (Å²) in [7, 11) is 0. The third-order valence-corrected chi connectivity index (χ3v) is 3.91. The summed E-state index contributed by atoms with van der Waals surface area (Å²) in [5.41, 5.74) is 3.47. The van der Waals surface area contributed by atoms with Crippen LogP contribution in [0.25, 0.3) is 0 Å². The Bertz CT molecular complexity index is 552. The molecule has 1 saturated heterocycles. The van der Waals surface area contributed by atoms with E-state index in [0.717, 1.165) is 51.4 Å². The first-order valence-electron chi connectivity index (χ1n) is 8.16. The summed E-state index contributed by atoms with van der Waals surface area (Å²) in [6, 6.07) is 6.17. The first kappa shape index (κ1) is 19.5. The van der Waals surface area contributed by atoms with Crippen LogP contribution in [0.1, 0.15) is 12.0 Å². The number of morpholine rings is 1. The number of quaternary nitrogens is 1. The quantitative estimate of drug-likeness (QED) is 0.266. The Hall–Kier alpha value is -1.84. The molecule has 1 heterocycles. The Morgan fingerprint density at radius 2 is 2.04 bits per heavy atom. The van der Waals surface area contributed by atoms with Gasteiger partial charge in [0.05, 0.1) is 26.0 Å². The van der Waals surface area contributed by atoms with Gasteiger partial charge in [0, 0.05) is 13.0 Å². The average Bonchev–Trinajstić information content (AvgIpc) is 2.61. The fraction of sp³-hybridized carbons (Fsp3) is 0.500. The second kappa shape index (κ2) is 10.9. The maximum atomic E-state index is 12.1. The highest BCUT2D eigenvalue weighted by Crippen LogP contribution is 2.13. The molecule has 0 radical (unpaired) electrons. The van der Waals surface area contributed by atoms with Crippen molar-refractivity contribution in [1.82, 2.24) is 10.7 Å². The van der Waals surface area contributed by atoms with E-state index in [4.69, 9.17) is 17.0 Å². The lowest BCUT2D eigenvalue weighted by Crippen LogP contribution is -3.14. The van der Waals surface area contributed by atoms with E-state index in [0.29, 0.717) is 5.11 Å². The zero-order chi connectivity index (χ0) is 17.9. The summed E-state index contributed by atoms with van der Waals surface area (Å²) in [5, 5.41) is 7.56. The van der Waals surface area contributed by atoms with Gasteiger partial charge in [-0.3, -0.25) is 5.43 Å². The van der Waals surface area contributed by atoms with E-state index in [1.165, 1.54) is 12.1 Å². The maximum Gasteiger partial charge on any atom is 0.387 e. The summed E-state index contributed by atoms with van der Waals surface area (Å²) in [6.45, 7) is 2.86. The number of hydrogen-bond acceptors (Lipinski definition) is 4. The van der Waals surface area contributed by atoms with Crippen LogP contribution in [0.5, 0.6) is 5.75 Å². The Labute approximate surface area is 151 Å². The van der Waals surface area contributed by atoms with E-state index < -0.39 is 6.61 Å². The Balaban J connectivity index is 1.59. The molecular weight excluding hydrogens is 350 g/mol. The van der Waals surface area contributed by atoms with Gasteiger partial charge in [0.15, 0.2) is 5.11 Å². The van der Waals surface area contributed by atoms with Crippen LogP contribution in [0.3, 0.4) is 0 Å². The molecule has 1 aliphatic heterocycles. The van der Waals surface area contributed by atoms with E-state index in [1.807, 2.05) is 0 Å². The van der Waals surface area contributed by atoms with Gasteiger partial charge in [-0.1, -0.05) is 0 Å².